The van der Waals surface area contributed by atoms with Crippen LogP contribution < -0.4 is 0 Å². The summed E-state index contributed by atoms with van der Waals surface area (Å²) in [6.07, 6.45) is 1.87. The van der Waals surface area contributed by atoms with Crippen molar-refractivity contribution in [3.63, 3.8) is 0 Å². The van der Waals surface area contributed by atoms with Crippen LogP contribution >= 0.6 is 0 Å². The number of rotatable bonds is 5. The molecule has 1 aromatic rings. The zero-order chi connectivity index (χ0) is 13.5. The topological polar surface area (TPSA) is 78.4 Å². The zero-order valence-corrected chi connectivity index (χ0v) is 10.7. The highest BCUT2D eigenvalue weighted by Crippen LogP contribution is 2.10. The van der Waals surface area contributed by atoms with Crippen LogP contribution in [0.2, 0.25) is 0 Å². The first-order valence-electron chi connectivity index (χ1n) is 5.84. The summed E-state index contributed by atoms with van der Waals surface area (Å²) in [5, 5.41) is 0. The van der Waals surface area contributed by atoms with E-state index in [0.29, 0.717) is 12.2 Å². The van der Waals surface area contributed by atoms with Crippen LogP contribution in [0.15, 0.2) is 6.20 Å². The Morgan fingerprint density at radius 2 is 1.72 bits per heavy atom. The van der Waals surface area contributed by atoms with Crippen LogP contribution in [0.3, 0.4) is 0 Å². The van der Waals surface area contributed by atoms with Crippen molar-refractivity contribution in [2.75, 3.05) is 13.2 Å². The number of carbonyl (C=O) groups excluding carboxylic acids is 2. The lowest BCUT2D eigenvalue weighted by molar-refractivity contribution is 0.0472. The van der Waals surface area contributed by atoms with Gasteiger partial charge >= 0.3 is 11.9 Å². The Labute approximate surface area is 105 Å². The third kappa shape index (κ3) is 3.26. The molecule has 6 nitrogen and oxygen atoms in total. The fourth-order valence-electron chi connectivity index (χ4n) is 1.30. The lowest BCUT2D eigenvalue weighted by atomic mass is 10.2. The minimum Gasteiger partial charge on any atom is -0.462 e. The highest BCUT2D eigenvalue weighted by molar-refractivity contribution is 6.01. The average molecular weight is 252 g/mol. The predicted molar refractivity (Wildman–Crippen MR) is 63.3 cm³/mol. The molecule has 0 radical (unpaired) electrons. The van der Waals surface area contributed by atoms with Gasteiger partial charge in [-0.15, -0.1) is 0 Å². The van der Waals surface area contributed by atoms with Crippen molar-refractivity contribution < 1.29 is 19.1 Å². The molecule has 0 aliphatic carbocycles. The van der Waals surface area contributed by atoms with E-state index in [1.165, 1.54) is 6.20 Å². The maximum absolute atomic E-state index is 11.7. The van der Waals surface area contributed by atoms with Crippen LogP contribution in [0.1, 0.15) is 47.4 Å². The number of nitrogens with zero attached hydrogens (tertiary/aromatic N) is 2. The Morgan fingerprint density at radius 3 is 2.28 bits per heavy atom. The fourth-order valence-corrected chi connectivity index (χ4v) is 1.30. The summed E-state index contributed by atoms with van der Waals surface area (Å²) in [5.74, 6) is -0.785. The molecule has 0 atom stereocenters. The Bertz CT molecular complexity index is 446. The van der Waals surface area contributed by atoms with Crippen LogP contribution in [-0.4, -0.2) is 35.1 Å². The fraction of sp³-hybridized carbons (Fsp3) is 0.500. The summed E-state index contributed by atoms with van der Waals surface area (Å²) in [7, 11) is 0. The van der Waals surface area contributed by atoms with Gasteiger partial charge in [-0.05, 0) is 13.8 Å². The molecule has 98 valence electrons. The molecular weight excluding hydrogens is 236 g/mol. The maximum Gasteiger partial charge on any atom is 0.357 e. The molecule has 0 unspecified atom stereocenters. The summed E-state index contributed by atoms with van der Waals surface area (Å²) in [5.41, 5.74) is -0.00495. The highest BCUT2D eigenvalue weighted by Gasteiger charge is 2.22. The van der Waals surface area contributed by atoms with E-state index in [1.807, 2.05) is 6.92 Å². The third-order valence-corrected chi connectivity index (χ3v) is 2.12. The molecule has 0 saturated carbocycles. The van der Waals surface area contributed by atoms with Crippen LogP contribution in [0, 0.1) is 0 Å². The van der Waals surface area contributed by atoms with Crippen molar-refractivity contribution in [3.8, 4) is 0 Å². The van der Waals surface area contributed by atoms with E-state index in [-0.39, 0.29) is 24.5 Å². The van der Waals surface area contributed by atoms with Crippen molar-refractivity contribution in [1.29, 1.82) is 0 Å². The molecule has 0 spiro atoms. The number of aryl methyl sites for hydroxylation is 1. The molecule has 0 N–H and O–H groups in total. The minimum absolute atomic E-state index is 0.0347. The van der Waals surface area contributed by atoms with Crippen molar-refractivity contribution in [2.24, 2.45) is 0 Å². The number of carbonyl (C=O) groups is 2. The summed E-state index contributed by atoms with van der Waals surface area (Å²) < 4.78 is 9.70. The minimum atomic E-state index is -0.641. The molecule has 6 heteroatoms. The van der Waals surface area contributed by atoms with Gasteiger partial charge in [-0.3, -0.25) is 0 Å². The van der Waals surface area contributed by atoms with Crippen LogP contribution in [0.25, 0.3) is 0 Å². The van der Waals surface area contributed by atoms with E-state index in [2.05, 4.69) is 9.97 Å². The van der Waals surface area contributed by atoms with Crippen molar-refractivity contribution >= 4 is 11.9 Å². The molecule has 0 aliphatic rings. The number of hydrogen-bond acceptors (Lipinski definition) is 6. The van der Waals surface area contributed by atoms with Crippen LogP contribution in [0.5, 0.6) is 0 Å². The van der Waals surface area contributed by atoms with Gasteiger partial charge < -0.3 is 9.47 Å². The van der Waals surface area contributed by atoms with Gasteiger partial charge in [0.15, 0.2) is 5.69 Å². The van der Waals surface area contributed by atoms with Crippen molar-refractivity contribution in [1.82, 2.24) is 9.97 Å². The van der Waals surface area contributed by atoms with Crippen molar-refractivity contribution in [3.05, 3.63) is 23.3 Å². The van der Waals surface area contributed by atoms with Gasteiger partial charge in [-0.1, -0.05) is 6.92 Å². The molecule has 1 aromatic heterocycles. The average Bonchev–Trinajstić information content (AvgIpc) is 2.38. The molecule has 0 bridgehead atoms. The van der Waals surface area contributed by atoms with E-state index in [9.17, 15) is 9.59 Å². The van der Waals surface area contributed by atoms with Gasteiger partial charge in [-0.25, -0.2) is 19.6 Å². The van der Waals surface area contributed by atoms with Crippen LogP contribution in [0.4, 0.5) is 0 Å². The second kappa shape index (κ2) is 6.68. The van der Waals surface area contributed by atoms with E-state index < -0.39 is 11.9 Å². The predicted octanol–water partition coefficient (Wildman–Crippen LogP) is 1.39. The molecule has 0 saturated heterocycles. The summed E-state index contributed by atoms with van der Waals surface area (Å²) >= 11 is 0. The largest absolute Gasteiger partial charge is 0.462 e. The van der Waals surface area contributed by atoms with Gasteiger partial charge in [-0.2, -0.15) is 0 Å². The van der Waals surface area contributed by atoms with Gasteiger partial charge in [0, 0.05) is 12.6 Å². The van der Waals surface area contributed by atoms with Gasteiger partial charge in [0.05, 0.1) is 13.2 Å². The first-order chi connectivity index (χ1) is 8.63. The Balaban J connectivity index is 3.15. The van der Waals surface area contributed by atoms with E-state index in [1.54, 1.807) is 13.8 Å². The molecule has 0 aromatic carbocycles. The molecular formula is C12H16N2O4. The molecule has 1 rings (SSSR count). The van der Waals surface area contributed by atoms with Crippen LogP contribution in [-0.2, 0) is 15.9 Å². The first-order valence-corrected chi connectivity index (χ1v) is 5.84. The van der Waals surface area contributed by atoms with E-state index in [0.717, 1.165) is 0 Å². The summed E-state index contributed by atoms with van der Waals surface area (Å²) in [4.78, 5) is 31.4. The first kappa shape index (κ1) is 14.1. The van der Waals surface area contributed by atoms with Gasteiger partial charge in [0.1, 0.15) is 11.4 Å². The highest BCUT2D eigenvalue weighted by atomic mass is 16.5. The Kier molecular flexibility index (Phi) is 5.23. The summed E-state index contributed by atoms with van der Waals surface area (Å²) in [6.45, 7) is 5.66. The molecule has 1 heterocycles. The SMILES string of the molecule is CCOC(=O)c1cnc(CC)nc1C(=O)OCC. The number of esters is 2. The quantitative estimate of drug-likeness (QED) is 0.737. The second-order valence-electron chi connectivity index (χ2n) is 3.34. The smallest absolute Gasteiger partial charge is 0.357 e. The van der Waals surface area contributed by atoms with Gasteiger partial charge in [0.2, 0.25) is 0 Å². The molecule has 18 heavy (non-hydrogen) atoms. The number of ether oxygens (including phenoxy) is 2. The monoisotopic (exact) mass is 252 g/mol. The van der Waals surface area contributed by atoms with Crippen molar-refractivity contribution in [2.45, 2.75) is 27.2 Å². The van der Waals surface area contributed by atoms with Gasteiger partial charge in [0.25, 0.3) is 0 Å². The molecule has 0 aliphatic heterocycles. The standard InChI is InChI=1S/C12H16N2O4/c1-4-9-13-7-8(11(15)17-5-2)10(14-9)12(16)18-6-3/h7H,4-6H2,1-3H3. The van der Waals surface area contributed by atoms with E-state index in [4.69, 9.17) is 9.47 Å². The van der Waals surface area contributed by atoms with E-state index >= 15 is 0 Å². The number of hydrogen-bond donors (Lipinski definition) is 0. The lowest BCUT2D eigenvalue weighted by Gasteiger charge is -2.08. The maximum atomic E-state index is 11.7. The normalized spacial score (nSPS) is 9.94. The molecule has 0 amide bonds. The number of aromatic nitrogens is 2. The molecule has 0 fully saturated rings. The Morgan fingerprint density at radius 1 is 1.11 bits per heavy atom. The Hall–Kier alpha value is -1.98. The summed E-state index contributed by atoms with van der Waals surface area (Å²) in [6, 6.07) is 0. The third-order valence-electron chi connectivity index (χ3n) is 2.12. The zero-order valence-electron chi connectivity index (χ0n) is 10.7. The lowest BCUT2D eigenvalue weighted by Crippen LogP contribution is -2.17. The second-order valence-corrected chi connectivity index (χ2v) is 3.34.